The lowest BCUT2D eigenvalue weighted by Crippen LogP contribution is -2.14. The van der Waals surface area contributed by atoms with Gasteiger partial charge in [0.15, 0.2) is 5.88 Å². The highest BCUT2D eigenvalue weighted by Crippen LogP contribution is 2.36. The molecule has 1 aromatic heterocycles. The highest BCUT2D eigenvalue weighted by Gasteiger charge is 2.26. The van der Waals surface area contributed by atoms with Crippen molar-refractivity contribution < 1.29 is 22.7 Å². The third-order valence-electron chi connectivity index (χ3n) is 6.79. The number of halogens is 1. The van der Waals surface area contributed by atoms with Crippen molar-refractivity contribution in [2.75, 3.05) is 21.1 Å². The molecule has 0 atom stereocenters. The summed E-state index contributed by atoms with van der Waals surface area (Å²) in [6.45, 7) is 0.759. The van der Waals surface area contributed by atoms with Gasteiger partial charge in [-0.05, 0) is 68.2 Å². The monoisotopic (exact) mass is 608 g/mol. The van der Waals surface area contributed by atoms with E-state index in [1.807, 2.05) is 68.7 Å². The van der Waals surface area contributed by atoms with Gasteiger partial charge in [-0.25, -0.2) is 17.8 Å². The minimum Gasteiger partial charge on any atom is -0.494 e. The van der Waals surface area contributed by atoms with E-state index in [1.165, 1.54) is 19.2 Å². The van der Waals surface area contributed by atoms with Gasteiger partial charge in [0, 0.05) is 36.0 Å². The molecule has 0 bridgehead atoms. The lowest BCUT2D eigenvalue weighted by atomic mass is 10.00. The Morgan fingerprint density at radius 1 is 1.00 bits per heavy atom. The Labute approximate surface area is 254 Å². The number of carbonyl (C=O) groups is 1. The Kier molecular flexibility index (Phi) is 8.62. The molecule has 0 saturated carbocycles. The Bertz CT molecular complexity index is 2040. The number of H-pyrrole nitrogens is 1. The van der Waals surface area contributed by atoms with Crippen molar-refractivity contribution >= 4 is 38.0 Å². The first-order valence-corrected chi connectivity index (χ1v) is 15.1. The highest BCUT2D eigenvalue weighted by molar-refractivity contribution is 7.91. The number of hydrogen-bond donors (Lipinski definition) is 3. The Morgan fingerprint density at radius 2 is 1.68 bits per heavy atom. The molecule has 8 nitrogen and oxygen atoms in total. The summed E-state index contributed by atoms with van der Waals surface area (Å²) in [5.41, 5.74) is 3.51. The summed E-state index contributed by atoms with van der Waals surface area (Å²) in [6, 6.07) is 24.2. The number of benzene rings is 4. The number of nitrogens with one attached hydrogen (secondary N) is 2. The molecule has 0 saturated heterocycles. The SMILES string of the molecule is CNC(=O)C#Cc1cc2[nH]c(O)c(C(=Nc3ccc(CN(C)C)cc3)c3ccccc3)c2cc1S(=O)(=O)c1ccc(F)cc1. The standard InChI is InChI=1S/C34H29FN4O4S/c1-36-31(40)18-11-24-19-29-28(20-30(24)44(42,43)27-16-12-25(35)13-17-27)32(34(41)38-29)33(23-7-5-4-6-8-23)37-26-14-9-22(10-15-26)21-39(2)3/h4-10,12-17,19-20,38,41H,21H2,1-3H3,(H,36,40). The average molecular weight is 609 g/mol. The third-order valence-corrected chi connectivity index (χ3v) is 8.60. The van der Waals surface area contributed by atoms with Gasteiger partial charge in [-0.1, -0.05) is 48.4 Å². The van der Waals surface area contributed by atoms with Crippen LogP contribution >= 0.6 is 0 Å². The number of aromatic amines is 1. The number of carbonyl (C=O) groups excluding carboxylic acids is 1. The number of hydrogen-bond acceptors (Lipinski definition) is 6. The molecule has 1 heterocycles. The number of aromatic hydroxyl groups is 1. The minimum atomic E-state index is -4.24. The quantitative estimate of drug-likeness (QED) is 0.134. The molecule has 0 radical (unpaired) electrons. The zero-order valence-electron chi connectivity index (χ0n) is 24.2. The molecule has 3 N–H and O–H groups in total. The van der Waals surface area contributed by atoms with Crippen LogP contribution in [0.1, 0.15) is 22.3 Å². The van der Waals surface area contributed by atoms with Gasteiger partial charge < -0.3 is 20.3 Å². The van der Waals surface area contributed by atoms with E-state index in [4.69, 9.17) is 4.99 Å². The van der Waals surface area contributed by atoms with E-state index in [2.05, 4.69) is 27.0 Å². The molecule has 0 aliphatic heterocycles. The van der Waals surface area contributed by atoms with Crippen molar-refractivity contribution in [2.24, 2.45) is 4.99 Å². The fourth-order valence-corrected chi connectivity index (χ4v) is 6.15. The van der Waals surface area contributed by atoms with Gasteiger partial charge in [0.1, 0.15) is 5.82 Å². The van der Waals surface area contributed by atoms with Crippen LogP contribution in [0, 0.1) is 17.7 Å². The second-order valence-electron chi connectivity index (χ2n) is 10.3. The number of aliphatic imine (C=N–C) groups is 1. The van der Waals surface area contributed by atoms with Crippen molar-refractivity contribution in [3.8, 4) is 17.7 Å². The zero-order chi connectivity index (χ0) is 31.4. The van der Waals surface area contributed by atoms with Crippen molar-refractivity contribution in [1.82, 2.24) is 15.2 Å². The van der Waals surface area contributed by atoms with E-state index in [1.54, 1.807) is 0 Å². The molecule has 1 amide bonds. The van der Waals surface area contributed by atoms with Gasteiger partial charge in [-0.3, -0.25) is 4.79 Å². The number of amides is 1. The van der Waals surface area contributed by atoms with Crippen LogP contribution in [-0.4, -0.2) is 56.2 Å². The maximum atomic E-state index is 13.9. The highest BCUT2D eigenvalue weighted by atomic mass is 32.2. The summed E-state index contributed by atoms with van der Waals surface area (Å²) < 4.78 is 41.4. The summed E-state index contributed by atoms with van der Waals surface area (Å²) >= 11 is 0. The van der Waals surface area contributed by atoms with Crippen LogP contribution in [-0.2, 0) is 21.2 Å². The first-order chi connectivity index (χ1) is 21.1. The molecule has 0 spiro atoms. The van der Waals surface area contributed by atoms with E-state index < -0.39 is 21.6 Å². The normalized spacial score (nSPS) is 11.8. The van der Waals surface area contributed by atoms with Crippen molar-refractivity contribution in [3.05, 3.63) is 119 Å². The predicted molar refractivity (Wildman–Crippen MR) is 168 cm³/mol. The molecule has 0 aliphatic carbocycles. The second-order valence-corrected chi connectivity index (χ2v) is 12.2. The van der Waals surface area contributed by atoms with Crippen molar-refractivity contribution in [2.45, 2.75) is 16.3 Å². The fourth-order valence-electron chi connectivity index (χ4n) is 4.73. The second kappa shape index (κ2) is 12.6. The maximum absolute atomic E-state index is 13.9. The number of aromatic nitrogens is 1. The number of sulfone groups is 1. The van der Waals surface area contributed by atoms with E-state index in [-0.39, 0.29) is 26.8 Å². The van der Waals surface area contributed by atoms with Gasteiger partial charge in [0.05, 0.1) is 32.3 Å². The van der Waals surface area contributed by atoms with Gasteiger partial charge in [0.2, 0.25) is 9.84 Å². The zero-order valence-corrected chi connectivity index (χ0v) is 25.0. The third kappa shape index (κ3) is 6.39. The van der Waals surface area contributed by atoms with E-state index in [9.17, 15) is 22.7 Å². The number of rotatable bonds is 7. The van der Waals surface area contributed by atoms with Crippen LogP contribution in [0.25, 0.3) is 10.9 Å². The molecule has 0 aliphatic rings. The molecule has 0 unspecified atom stereocenters. The molecule has 10 heteroatoms. The summed E-state index contributed by atoms with van der Waals surface area (Å²) in [6.07, 6.45) is 0. The molecule has 222 valence electrons. The smallest absolute Gasteiger partial charge is 0.295 e. The Hall–Kier alpha value is -5.24. The number of nitrogens with zero attached hydrogens (tertiary/aromatic N) is 2. The predicted octanol–water partition coefficient (Wildman–Crippen LogP) is 5.17. The lowest BCUT2D eigenvalue weighted by molar-refractivity contribution is -0.115. The van der Waals surface area contributed by atoms with Gasteiger partial charge in [-0.2, -0.15) is 0 Å². The summed E-state index contributed by atoms with van der Waals surface area (Å²) in [5, 5.41) is 14.0. The Morgan fingerprint density at radius 3 is 2.32 bits per heavy atom. The van der Waals surface area contributed by atoms with Gasteiger partial charge >= 0.3 is 0 Å². The topological polar surface area (TPSA) is 115 Å². The minimum absolute atomic E-state index is 0.0212. The molecule has 5 rings (SSSR count). The molecule has 4 aromatic carbocycles. The van der Waals surface area contributed by atoms with Crippen LogP contribution in [0.15, 0.2) is 106 Å². The number of fused-ring (bicyclic) bond motifs is 1. The van der Waals surface area contributed by atoms with Crippen molar-refractivity contribution in [1.29, 1.82) is 0 Å². The fraction of sp³-hybridized carbons (Fsp3) is 0.118. The Balaban J connectivity index is 1.76. The lowest BCUT2D eigenvalue weighted by Gasteiger charge is -2.11. The summed E-state index contributed by atoms with van der Waals surface area (Å²) in [7, 11) is 1.14. The van der Waals surface area contributed by atoms with Gasteiger partial charge in [0.25, 0.3) is 5.91 Å². The molecule has 44 heavy (non-hydrogen) atoms. The summed E-state index contributed by atoms with van der Waals surface area (Å²) in [5.74, 6) is 3.59. The van der Waals surface area contributed by atoms with Crippen LogP contribution in [0.5, 0.6) is 5.88 Å². The largest absolute Gasteiger partial charge is 0.494 e. The average Bonchev–Trinajstić information content (AvgIpc) is 3.33. The van der Waals surface area contributed by atoms with Crippen LogP contribution in [0.2, 0.25) is 0 Å². The molecule has 5 aromatic rings. The summed E-state index contributed by atoms with van der Waals surface area (Å²) in [4.78, 5) is 21.4. The first-order valence-electron chi connectivity index (χ1n) is 13.6. The maximum Gasteiger partial charge on any atom is 0.295 e. The molecule has 0 fully saturated rings. The van der Waals surface area contributed by atoms with E-state index in [0.717, 1.165) is 36.4 Å². The molecular weight excluding hydrogens is 579 g/mol. The van der Waals surface area contributed by atoms with Gasteiger partial charge in [-0.15, -0.1) is 0 Å². The van der Waals surface area contributed by atoms with Crippen LogP contribution in [0.3, 0.4) is 0 Å². The molecular formula is C34H29FN4O4S. The first kappa shape index (κ1) is 30.2. The van der Waals surface area contributed by atoms with E-state index in [0.29, 0.717) is 27.9 Å². The van der Waals surface area contributed by atoms with Crippen molar-refractivity contribution in [3.63, 3.8) is 0 Å². The van der Waals surface area contributed by atoms with Crippen LogP contribution in [0.4, 0.5) is 10.1 Å². The van der Waals surface area contributed by atoms with Crippen LogP contribution < -0.4 is 5.32 Å². The van der Waals surface area contributed by atoms with E-state index >= 15 is 0 Å².